The summed E-state index contributed by atoms with van der Waals surface area (Å²) in [5, 5.41) is 16.8. The molecule has 7 nitrogen and oxygen atoms in total. The number of hydrogen-bond donors (Lipinski definition) is 2. The number of carbonyl (C=O) groups is 2. The van der Waals surface area contributed by atoms with Crippen LogP contribution in [-0.2, 0) is 4.79 Å². The lowest BCUT2D eigenvalue weighted by atomic mass is 9.97. The predicted molar refractivity (Wildman–Crippen MR) is 94.3 cm³/mol. The Morgan fingerprint density at radius 2 is 1.96 bits per heavy atom. The number of benzene rings is 1. The van der Waals surface area contributed by atoms with Crippen molar-refractivity contribution in [2.45, 2.75) is 19.8 Å². The third-order valence-corrected chi connectivity index (χ3v) is 4.65. The van der Waals surface area contributed by atoms with E-state index in [0.29, 0.717) is 36.8 Å². The molecule has 1 aliphatic heterocycles. The van der Waals surface area contributed by atoms with Gasteiger partial charge in [0.15, 0.2) is 5.82 Å². The van der Waals surface area contributed by atoms with Gasteiger partial charge in [-0.2, -0.15) is 0 Å². The fourth-order valence-electron chi connectivity index (χ4n) is 2.92. The number of aromatic nitrogens is 2. The van der Waals surface area contributed by atoms with Gasteiger partial charge in [-0.05, 0) is 31.9 Å². The SMILES string of the molecule is Cc1cc(NC(=O)N2CCC(C(=O)O)CC2)nn1-c1ccccc1Cl. The molecule has 2 heterocycles. The van der Waals surface area contributed by atoms with Crippen LogP contribution in [0.1, 0.15) is 18.5 Å². The number of rotatable bonds is 3. The van der Waals surface area contributed by atoms with Crippen LogP contribution < -0.4 is 5.32 Å². The minimum atomic E-state index is -0.797. The molecule has 0 bridgehead atoms. The summed E-state index contributed by atoms with van der Waals surface area (Å²) >= 11 is 6.20. The van der Waals surface area contributed by atoms with Crippen molar-refractivity contribution < 1.29 is 14.7 Å². The van der Waals surface area contributed by atoms with E-state index in [4.69, 9.17) is 16.7 Å². The molecule has 0 radical (unpaired) electrons. The van der Waals surface area contributed by atoms with Crippen LogP contribution >= 0.6 is 11.6 Å². The van der Waals surface area contributed by atoms with E-state index in [1.165, 1.54) is 0 Å². The summed E-state index contributed by atoms with van der Waals surface area (Å²) in [6.07, 6.45) is 0.936. The minimum Gasteiger partial charge on any atom is -0.481 e. The number of urea groups is 1. The maximum atomic E-state index is 12.4. The number of nitrogens with zero attached hydrogens (tertiary/aromatic N) is 3. The van der Waals surface area contributed by atoms with Gasteiger partial charge in [-0.15, -0.1) is 5.10 Å². The highest BCUT2D eigenvalue weighted by Gasteiger charge is 2.27. The Balaban J connectivity index is 1.68. The molecule has 0 unspecified atom stereocenters. The molecular weight excluding hydrogens is 344 g/mol. The van der Waals surface area contributed by atoms with Crippen molar-refractivity contribution in [3.8, 4) is 5.69 Å². The van der Waals surface area contributed by atoms with Crippen molar-refractivity contribution in [1.82, 2.24) is 14.7 Å². The molecule has 3 rings (SSSR count). The van der Waals surface area contributed by atoms with Gasteiger partial charge in [0.25, 0.3) is 0 Å². The largest absolute Gasteiger partial charge is 0.481 e. The molecule has 0 aliphatic carbocycles. The number of aliphatic carboxylic acids is 1. The highest BCUT2D eigenvalue weighted by atomic mass is 35.5. The van der Waals surface area contributed by atoms with Crippen LogP contribution in [-0.4, -0.2) is 44.9 Å². The lowest BCUT2D eigenvalue weighted by Crippen LogP contribution is -2.42. The molecule has 1 aromatic carbocycles. The molecule has 8 heteroatoms. The molecule has 0 spiro atoms. The third-order valence-electron chi connectivity index (χ3n) is 4.33. The Kier molecular flexibility index (Phi) is 4.94. The van der Waals surface area contributed by atoms with Crippen LogP contribution in [0.3, 0.4) is 0 Å². The van der Waals surface area contributed by atoms with Gasteiger partial charge < -0.3 is 10.0 Å². The first-order valence-corrected chi connectivity index (χ1v) is 8.44. The zero-order chi connectivity index (χ0) is 18.0. The number of piperidine rings is 1. The molecule has 0 atom stereocenters. The van der Waals surface area contributed by atoms with Crippen LogP contribution in [0, 0.1) is 12.8 Å². The zero-order valence-corrected chi connectivity index (χ0v) is 14.5. The highest BCUT2D eigenvalue weighted by Crippen LogP contribution is 2.23. The number of carboxylic acid groups (broad SMARTS) is 1. The Labute approximate surface area is 150 Å². The second kappa shape index (κ2) is 7.14. The number of nitrogens with one attached hydrogen (secondary N) is 1. The van der Waals surface area contributed by atoms with Crippen LogP contribution in [0.15, 0.2) is 30.3 Å². The van der Waals surface area contributed by atoms with E-state index in [2.05, 4.69) is 10.4 Å². The number of anilines is 1. The number of hydrogen-bond acceptors (Lipinski definition) is 3. The number of amides is 2. The first-order valence-electron chi connectivity index (χ1n) is 8.06. The Hall–Kier alpha value is -2.54. The van der Waals surface area contributed by atoms with E-state index in [9.17, 15) is 9.59 Å². The third kappa shape index (κ3) is 3.76. The van der Waals surface area contributed by atoms with Gasteiger partial charge in [-0.25, -0.2) is 9.48 Å². The van der Waals surface area contributed by atoms with Crippen molar-refractivity contribution in [2.24, 2.45) is 5.92 Å². The molecule has 2 N–H and O–H groups in total. The van der Waals surface area contributed by atoms with E-state index in [1.807, 2.05) is 25.1 Å². The summed E-state index contributed by atoms with van der Waals surface area (Å²) in [7, 11) is 0. The lowest BCUT2D eigenvalue weighted by molar-refractivity contribution is -0.143. The number of carboxylic acids is 1. The topological polar surface area (TPSA) is 87.5 Å². The molecule has 1 saturated heterocycles. The normalized spacial score (nSPS) is 15.2. The second-order valence-electron chi connectivity index (χ2n) is 6.06. The van der Waals surface area contributed by atoms with Crippen molar-refractivity contribution >= 4 is 29.4 Å². The van der Waals surface area contributed by atoms with E-state index in [1.54, 1.807) is 21.7 Å². The maximum absolute atomic E-state index is 12.4. The van der Waals surface area contributed by atoms with Crippen molar-refractivity contribution in [2.75, 3.05) is 18.4 Å². The van der Waals surface area contributed by atoms with Crippen LogP contribution in [0.2, 0.25) is 5.02 Å². The van der Waals surface area contributed by atoms with Gasteiger partial charge in [-0.3, -0.25) is 10.1 Å². The van der Waals surface area contributed by atoms with Crippen LogP contribution in [0.25, 0.3) is 5.69 Å². The second-order valence-corrected chi connectivity index (χ2v) is 6.47. The van der Waals surface area contributed by atoms with Crippen LogP contribution in [0.5, 0.6) is 0 Å². The standard InChI is InChI=1S/C17H19ClN4O3/c1-11-10-15(20-22(11)14-5-3-2-4-13(14)18)19-17(25)21-8-6-12(7-9-21)16(23)24/h2-5,10,12H,6-9H2,1H3,(H,23,24)(H,19,20,25). The number of halogens is 1. The van der Waals surface area contributed by atoms with Gasteiger partial charge in [0, 0.05) is 24.8 Å². The number of likely N-dealkylation sites (tertiary alicyclic amines) is 1. The zero-order valence-electron chi connectivity index (χ0n) is 13.8. The minimum absolute atomic E-state index is 0.271. The average molecular weight is 363 g/mol. The average Bonchev–Trinajstić information content (AvgIpc) is 2.95. The first-order chi connectivity index (χ1) is 12.0. The predicted octanol–water partition coefficient (Wildman–Crippen LogP) is 3.16. The summed E-state index contributed by atoms with van der Waals surface area (Å²) < 4.78 is 1.68. The Morgan fingerprint density at radius 1 is 1.28 bits per heavy atom. The summed E-state index contributed by atoms with van der Waals surface area (Å²) in [5.41, 5.74) is 1.58. The Morgan fingerprint density at radius 3 is 2.60 bits per heavy atom. The Bertz CT molecular complexity index is 797. The van der Waals surface area contributed by atoms with Crippen molar-refractivity contribution in [1.29, 1.82) is 0 Å². The summed E-state index contributed by atoms with van der Waals surface area (Å²) in [6.45, 7) is 2.73. The smallest absolute Gasteiger partial charge is 0.323 e. The molecule has 0 saturated carbocycles. The molecule has 132 valence electrons. The van der Waals surface area contributed by atoms with E-state index in [-0.39, 0.29) is 11.9 Å². The molecule has 1 aliphatic rings. The lowest BCUT2D eigenvalue weighted by Gasteiger charge is -2.29. The fourth-order valence-corrected chi connectivity index (χ4v) is 3.14. The molecule has 2 amide bonds. The van der Waals surface area contributed by atoms with Gasteiger partial charge in [0.2, 0.25) is 0 Å². The van der Waals surface area contributed by atoms with Gasteiger partial charge >= 0.3 is 12.0 Å². The number of para-hydroxylation sites is 1. The molecular formula is C17H19ClN4O3. The van der Waals surface area contributed by atoms with Crippen molar-refractivity contribution in [3.63, 3.8) is 0 Å². The fraction of sp³-hybridized carbons (Fsp3) is 0.353. The molecule has 25 heavy (non-hydrogen) atoms. The summed E-state index contributed by atoms with van der Waals surface area (Å²) in [4.78, 5) is 25.0. The quantitative estimate of drug-likeness (QED) is 0.877. The van der Waals surface area contributed by atoms with Gasteiger partial charge in [-0.1, -0.05) is 23.7 Å². The summed E-state index contributed by atoms with van der Waals surface area (Å²) in [5.74, 6) is -0.734. The van der Waals surface area contributed by atoms with E-state index >= 15 is 0 Å². The maximum Gasteiger partial charge on any atom is 0.323 e. The number of carbonyl (C=O) groups excluding carboxylic acids is 1. The summed E-state index contributed by atoms with van der Waals surface area (Å²) in [6, 6.07) is 8.84. The van der Waals surface area contributed by atoms with E-state index < -0.39 is 5.97 Å². The van der Waals surface area contributed by atoms with Gasteiger partial charge in [0.1, 0.15) is 0 Å². The van der Waals surface area contributed by atoms with E-state index in [0.717, 1.165) is 11.4 Å². The molecule has 1 aromatic heterocycles. The highest BCUT2D eigenvalue weighted by molar-refractivity contribution is 6.32. The van der Waals surface area contributed by atoms with Gasteiger partial charge in [0.05, 0.1) is 16.6 Å². The van der Waals surface area contributed by atoms with Crippen LogP contribution in [0.4, 0.5) is 10.6 Å². The number of aryl methyl sites for hydroxylation is 1. The monoisotopic (exact) mass is 362 g/mol. The van der Waals surface area contributed by atoms with Crippen molar-refractivity contribution in [3.05, 3.63) is 41.0 Å². The first kappa shape index (κ1) is 17.3. The molecule has 1 fully saturated rings. The molecule has 2 aromatic rings.